The number of hydrogen-bond acceptors (Lipinski definition) is 4. The van der Waals surface area contributed by atoms with Crippen LogP contribution in [0.3, 0.4) is 0 Å². The fraction of sp³-hybridized carbons (Fsp3) is 0.250. The van der Waals surface area contributed by atoms with Gasteiger partial charge in [-0.3, -0.25) is 4.79 Å². The second kappa shape index (κ2) is 6.34. The number of hydrogen-bond donors (Lipinski definition) is 1. The Morgan fingerprint density at radius 2 is 1.96 bits per heavy atom. The average molecular weight is 336 g/mol. The van der Waals surface area contributed by atoms with Gasteiger partial charge >= 0.3 is 5.97 Å². The zero-order valence-corrected chi connectivity index (χ0v) is 12.8. The van der Waals surface area contributed by atoms with Gasteiger partial charge in [-0.05, 0) is 24.3 Å². The highest BCUT2D eigenvalue weighted by atomic mass is 35.5. The fourth-order valence-corrected chi connectivity index (χ4v) is 2.63. The number of benzene rings is 1. The number of halogens is 1. The number of likely N-dealkylation sites (tertiary alicyclic amines) is 1. The van der Waals surface area contributed by atoms with Crippen LogP contribution in [-0.4, -0.2) is 41.1 Å². The van der Waals surface area contributed by atoms with E-state index in [0.29, 0.717) is 30.3 Å². The van der Waals surface area contributed by atoms with Crippen molar-refractivity contribution in [3.63, 3.8) is 0 Å². The molecule has 0 aliphatic carbocycles. The summed E-state index contributed by atoms with van der Waals surface area (Å²) in [6.45, 7) is 0.907. The zero-order chi connectivity index (χ0) is 16.4. The zero-order valence-electron chi connectivity index (χ0n) is 12.1. The Morgan fingerprint density at radius 3 is 2.65 bits per heavy atom. The normalized spacial score (nSPS) is 17.3. The van der Waals surface area contributed by atoms with Crippen LogP contribution in [0.2, 0.25) is 5.02 Å². The van der Waals surface area contributed by atoms with Gasteiger partial charge in [0.05, 0.1) is 11.6 Å². The molecule has 1 aliphatic rings. The number of amides is 1. The van der Waals surface area contributed by atoms with Gasteiger partial charge in [-0.25, -0.2) is 4.79 Å². The van der Waals surface area contributed by atoms with Gasteiger partial charge in [0.15, 0.2) is 5.76 Å². The van der Waals surface area contributed by atoms with E-state index in [4.69, 9.17) is 25.9 Å². The molecule has 7 heteroatoms. The van der Waals surface area contributed by atoms with Crippen LogP contribution in [-0.2, 0) is 0 Å². The van der Waals surface area contributed by atoms with E-state index in [1.165, 1.54) is 12.1 Å². The molecule has 1 N–H and O–H groups in total. The second-order valence-electron chi connectivity index (χ2n) is 5.18. The molecule has 1 atom stereocenters. The molecular formula is C16H14ClNO5. The fourth-order valence-electron chi connectivity index (χ4n) is 2.45. The minimum Gasteiger partial charge on any atom is -0.487 e. The molecule has 120 valence electrons. The van der Waals surface area contributed by atoms with Gasteiger partial charge in [-0.15, -0.1) is 0 Å². The number of carboxylic acids is 1. The van der Waals surface area contributed by atoms with Gasteiger partial charge in [0.1, 0.15) is 11.9 Å². The van der Waals surface area contributed by atoms with E-state index in [1.54, 1.807) is 17.0 Å². The highest BCUT2D eigenvalue weighted by Gasteiger charge is 2.30. The lowest BCUT2D eigenvalue weighted by molar-refractivity contribution is 0.0651. The standard InChI is InChI=1S/C16H14ClNO5/c17-11-3-1-2-4-12(11)22-10-7-8-18(9-10)15(19)13-5-6-14(23-13)16(20)21/h1-6,10H,7-9H2,(H,20,21). The van der Waals surface area contributed by atoms with Gasteiger partial charge < -0.3 is 19.2 Å². The second-order valence-corrected chi connectivity index (χ2v) is 5.59. The van der Waals surface area contributed by atoms with Crippen LogP contribution in [0.4, 0.5) is 0 Å². The number of ether oxygens (including phenoxy) is 1. The Balaban J connectivity index is 1.64. The predicted octanol–water partition coefficient (Wildman–Crippen LogP) is 2.92. The summed E-state index contributed by atoms with van der Waals surface area (Å²) in [7, 11) is 0. The first-order valence-electron chi connectivity index (χ1n) is 7.08. The van der Waals surface area contributed by atoms with Crippen LogP contribution in [0, 0.1) is 0 Å². The number of rotatable bonds is 4. The number of carbonyl (C=O) groups is 2. The summed E-state index contributed by atoms with van der Waals surface area (Å²) >= 11 is 6.05. The van der Waals surface area contributed by atoms with Gasteiger partial charge in [-0.2, -0.15) is 0 Å². The summed E-state index contributed by atoms with van der Waals surface area (Å²) in [6.07, 6.45) is 0.511. The summed E-state index contributed by atoms with van der Waals surface area (Å²) < 4.78 is 10.9. The van der Waals surface area contributed by atoms with E-state index in [-0.39, 0.29) is 23.5 Å². The molecule has 1 saturated heterocycles. The first-order chi connectivity index (χ1) is 11.0. The number of carbonyl (C=O) groups excluding carboxylic acids is 1. The highest BCUT2D eigenvalue weighted by Crippen LogP contribution is 2.27. The molecule has 2 heterocycles. The molecule has 0 spiro atoms. The van der Waals surface area contributed by atoms with Crippen molar-refractivity contribution in [2.75, 3.05) is 13.1 Å². The van der Waals surface area contributed by atoms with Crippen molar-refractivity contribution in [2.24, 2.45) is 0 Å². The van der Waals surface area contributed by atoms with Crippen LogP contribution in [0.1, 0.15) is 27.5 Å². The lowest BCUT2D eigenvalue weighted by Crippen LogP contribution is -2.30. The van der Waals surface area contributed by atoms with E-state index < -0.39 is 5.97 Å². The predicted molar refractivity (Wildman–Crippen MR) is 82.1 cm³/mol. The van der Waals surface area contributed by atoms with Crippen molar-refractivity contribution in [1.82, 2.24) is 4.90 Å². The Labute approximate surface area is 137 Å². The van der Waals surface area contributed by atoms with Crippen LogP contribution in [0.15, 0.2) is 40.8 Å². The van der Waals surface area contributed by atoms with Gasteiger partial charge in [0.25, 0.3) is 5.91 Å². The molecule has 0 saturated carbocycles. The lowest BCUT2D eigenvalue weighted by atomic mass is 10.3. The molecule has 1 aromatic heterocycles. The molecule has 0 bridgehead atoms. The van der Waals surface area contributed by atoms with Crippen molar-refractivity contribution >= 4 is 23.5 Å². The molecule has 1 aliphatic heterocycles. The Bertz CT molecular complexity index is 742. The quantitative estimate of drug-likeness (QED) is 0.929. The summed E-state index contributed by atoms with van der Waals surface area (Å²) in [6, 6.07) is 9.80. The number of aromatic carboxylic acids is 1. The average Bonchev–Trinajstić information content (AvgIpc) is 3.18. The molecule has 6 nitrogen and oxygen atoms in total. The monoisotopic (exact) mass is 335 g/mol. The van der Waals surface area contributed by atoms with E-state index in [1.807, 2.05) is 12.1 Å². The largest absolute Gasteiger partial charge is 0.487 e. The van der Waals surface area contributed by atoms with Gasteiger partial charge in [-0.1, -0.05) is 23.7 Å². The molecule has 1 fully saturated rings. The molecule has 0 radical (unpaired) electrons. The van der Waals surface area contributed by atoms with Crippen LogP contribution in [0.5, 0.6) is 5.75 Å². The molecule has 1 amide bonds. The summed E-state index contributed by atoms with van der Waals surface area (Å²) in [5.74, 6) is -1.20. The third kappa shape index (κ3) is 3.32. The van der Waals surface area contributed by atoms with Crippen molar-refractivity contribution in [1.29, 1.82) is 0 Å². The Hall–Kier alpha value is -2.47. The number of nitrogens with zero attached hydrogens (tertiary/aromatic N) is 1. The minimum atomic E-state index is -1.20. The Morgan fingerprint density at radius 1 is 1.22 bits per heavy atom. The van der Waals surface area contributed by atoms with E-state index in [9.17, 15) is 9.59 Å². The maximum Gasteiger partial charge on any atom is 0.371 e. The van der Waals surface area contributed by atoms with Crippen molar-refractivity contribution in [3.05, 3.63) is 52.9 Å². The van der Waals surface area contributed by atoms with Crippen molar-refractivity contribution in [3.8, 4) is 5.75 Å². The smallest absolute Gasteiger partial charge is 0.371 e. The lowest BCUT2D eigenvalue weighted by Gasteiger charge is -2.16. The SMILES string of the molecule is O=C(O)c1ccc(C(=O)N2CCC(Oc3ccccc3Cl)C2)o1. The molecule has 23 heavy (non-hydrogen) atoms. The van der Waals surface area contributed by atoms with Crippen molar-refractivity contribution in [2.45, 2.75) is 12.5 Å². The van der Waals surface area contributed by atoms with E-state index in [2.05, 4.69) is 0 Å². The molecular weight excluding hydrogens is 322 g/mol. The van der Waals surface area contributed by atoms with Gasteiger partial charge in [0.2, 0.25) is 5.76 Å². The highest BCUT2D eigenvalue weighted by molar-refractivity contribution is 6.32. The minimum absolute atomic E-state index is 0.0146. The molecule has 1 aromatic carbocycles. The third-order valence-corrected chi connectivity index (χ3v) is 3.90. The van der Waals surface area contributed by atoms with E-state index in [0.717, 1.165) is 0 Å². The van der Waals surface area contributed by atoms with Crippen LogP contribution in [0.25, 0.3) is 0 Å². The van der Waals surface area contributed by atoms with Crippen LogP contribution >= 0.6 is 11.6 Å². The molecule has 2 aromatic rings. The third-order valence-electron chi connectivity index (χ3n) is 3.59. The van der Waals surface area contributed by atoms with E-state index >= 15 is 0 Å². The number of carboxylic acid groups (broad SMARTS) is 1. The first kappa shape index (κ1) is 15.4. The number of furan rings is 1. The summed E-state index contributed by atoms with van der Waals surface area (Å²) in [5, 5.41) is 9.35. The van der Waals surface area contributed by atoms with Crippen LogP contribution < -0.4 is 4.74 Å². The van der Waals surface area contributed by atoms with Gasteiger partial charge in [0, 0.05) is 13.0 Å². The summed E-state index contributed by atoms with van der Waals surface area (Å²) in [4.78, 5) is 24.7. The maximum atomic E-state index is 12.3. The van der Waals surface area contributed by atoms with Crippen molar-refractivity contribution < 1.29 is 23.8 Å². The number of para-hydroxylation sites is 1. The first-order valence-corrected chi connectivity index (χ1v) is 7.46. The Kier molecular flexibility index (Phi) is 4.25. The summed E-state index contributed by atoms with van der Waals surface area (Å²) in [5.41, 5.74) is 0. The molecule has 1 unspecified atom stereocenters. The maximum absolute atomic E-state index is 12.3. The molecule has 3 rings (SSSR count). The topological polar surface area (TPSA) is 80.0 Å².